The second-order valence-electron chi connectivity index (χ2n) is 2.61. The van der Waals surface area contributed by atoms with Gasteiger partial charge in [-0.05, 0) is 25.9 Å². The maximum atomic E-state index is 7.28. The monoisotopic (exact) mass is 160 g/mol. The lowest BCUT2D eigenvalue weighted by Gasteiger charge is -2.00. The van der Waals surface area contributed by atoms with Gasteiger partial charge in [-0.3, -0.25) is 0 Å². The van der Waals surface area contributed by atoms with Crippen LogP contribution in [-0.2, 0) is 0 Å². The van der Waals surface area contributed by atoms with Crippen LogP contribution in [0.1, 0.15) is 14.1 Å². The fourth-order valence-corrected chi connectivity index (χ4v) is 1.07. The zero-order valence-corrected chi connectivity index (χ0v) is 6.62. The number of hydrogen-bond acceptors (Lipinski definition) is 2. The SMILES string of the molecule is [2H]Cc1nc2ccccc2nc1C[2H]. The first-order valence-corrected chi connectivity index (χ1v) is 3.68. The summed E-state index contributed by atoms with van der Waals surface area (Å²) in [5, 5.41) is 0. The molecular weight excluding hydrogens is 148 g/mol. The first kappa shape index (κ1) is 5.25. The van der Waals surface area contributed by atoms with Crippen molar-refractivity contribution in [3.63, 3.8) is 0 Å². The molecule has 0 spiro atoms. The molecule has 0 atom stereocenters. The average Bonchev–Trinajstić information content (AvgIpc) is 2.27. The Labute approximate surface area is 74.1 Å². The predicted molar refractivity (Wildman–Crippen MR) is 49.0 cm³/mol. The van der Waals surface area contributed by atoms with E-state index < -0.39 is 0 Å². The number of benzene rings is 1. The van der Waals surface area contributed by atoms with E-state index in [4.69, 9.17) is 2.74 Å². The molecule has 0 saturated heterocycles. The second-order valence-corrected chi connectivity index (χ2v) is 2.61. The molecule has 0 amide bonds. The van der Waals surface area contributed by atoms with Gasteiger partial charge in [-0.2, -0.15) is 0 Å². The number of aryl methyl sites for hydroxylation is 2. The molecule has 2 nitrogen and oxygen atoms in total. The molecule has 2 rings (SSSR count). The van der Waals surface area contributed by atoms with Gasteiger partial charge in [-0.25, -0.2) is 9.97 Å². The van der Waals surface area contributed by atoms with E-state index in [-0.39, 0.29) is 13.8 Å². The Balaban J connectivity index is 2.69. The van der Waals surface area contributed by atoms with Gasteiger partial charge in [-0.1, -0.05) is 12.1 Å². The highest BCUT2D eigenvalue weighted by Crippen LogP contribution is 2.10. The number of aromatic nitrogens is 2. The van der Waals surface area contributed by atoms with Crippen LogP contribution < -0.4 is 0 Å². The van der Waals surface area contributed by atoms with Crippen LogP contribution >= 0.6 is 0 Å². The minimum absolute atomic E-state index is 0.0893. The molecule has 1 heterocycles. The molecule has 12 heavy (non-hydrogen) atoms. The van der Waals surface area contributed by atoms with Gasteiger partial charge in [-0.15, -0.1) is 0 Å². The van der Waals surface area contributed by atoms with Gasteiger partial charge < -0.3 is 0 Å². The number of para-hydroxylation sites is 2. The van der Waals surface area contributed by atoms with Crippen LogP contribution in [0.15, 0.2) is 24.3 Å². The molecule has 0 radical (unpaired) electrons. The normalized spacial score (nSPS) is 12.7. The van der Waals surface area contributed by atoms with Crippen LogP contribution in [0.3, 0.4) is 0 Å². The molecule has 1 aromatic heterocycles. The molecule has 0 saturated carbocycles. The lowest BCUT2D eigenvalue weighted by Crippen LogP contribution is -1.92. The fraction of sp³-hybridized carbons (Fsp3) is 0.200. The van der Waals surface area contributed by atoms with Crippen LogP contribution in [0.4, 0.5) is 0 Å². The van der Waals surface area contributed by atoms with E-state index in [0.717, 1.165) is 11.0 Å². The van der Waals surface area contributed by atoms with Crippen molar-refractivity contribution >= 4 is 11.0 Å². The topological polar surface area (TPSA) is 25.8 Å². The first-order valence-electron chi connectivity index (χ1n) is 5.09. The standard InChI is InChI=1S/C10H10N2/c1-7-8(2)12-10-6-4-3-5-9(10)11-7/h3-6H,1-2H3/i1D,2D. The van der Waals surface area contributed by atoms with E-state index in [1.807, 2.05) is 24.3 Å². The van der Waals surface area contributed by atoms with Crippen molar-refractivity contribution in [3.8, 4) is 0 Å². The maximum absolute atomic E-state index is 7.28. The third-order valence-electron chi connectivity index (χ3n) is 1.73. The van der Waals surface area contributed by atoms with Crippen molar-refractivity contribution in [2.75, 3.05) is 0 Å². The molecule has 1 aromatic carbocycles. The minimum atomic E-state index is 0.0893. The average molecular weight is 160 g/mol. The summed E-state index contributed by atoms with van der Waals surface area (Å²) in [6.07, 6.45) is 0. The zero-order valence-electron chi connectivity index (χ0n) is 8.62. The molecule has 0 fully saturated rings. The summed E-state index contributed by atoms with van der Waals surface area (Å²) in [6, 6.07) is 7.53. The van der Waals surface area contributed by atoms with Gasteiger partial charge in [0.05, 0.1) is 22.4 Å². The lowest BCUT2D eigenvalue weighted by molar-refractivity contribution is 1.10. The van der Waals surface area contributed by atoms with Gasteiger partial charge in [0.15, 0.2) is 0 Å². The van der Waals surface area contributed by atoms with E-state index in [0.29, 0.717) is 11.4 Å². The summed E-state index contributed by atoms with van der Waals surface area (Å²) in [5.74, 6) is 0. The molecule has 0 aliphatic heterocycles. The van der Waals surface area contributed by atoms with Crippen molar-refractivity contribution in [2.24, 2.45) is 0 Å². The van der Waals surface area contributed by atoms with Crippen LogP contribution in [0.2, 0.25) is 0 Å². The molecule has 0 aliphatic carbocycles. The highest BCUT2D eigenvalue weighted by Gasteiger charge is 1.98. The van der Waals surface area contributed by atoms with E-state index in [9.17, 15) is 0 Å². The van der Waals surface area contributed by atoms with Crippen LogP contribution in [-0.4, -0.2) is 9.97 Å². The van der Waals surface area contributed by atoms with Gasteiger partial charge in [0.2, 0.25) is 0 Å². The van der Waals surface area contributed by atoms with Crippen molar-refractivity contribution < 1.29 is 2.74 Å². The first-order chi connectivity index (χ1) is 6.85. The Morgan fingerprint density at radius 1 is 1.00 bits per heavy atom. The molecule has 0 bridgehead atoms. The minimum Gasteiger partial charge on any atom is -0.250 e. The van der Waals surface area contributed by atoms with E-state index in [1.165, 1.54) is 0 Å². The maximum Gasteiger partial charge on any atom is 0.0890 e. The Morgan fingerprint density at radius 3 is 1.92 bits per heavy atom. The van der Waals surface area contributed by atoms with Crippen LogP contribution in [0.25, 0.3) is 11.0 Å². The predicted octanol–water partition coefficient (Wildman–Crippen LogP) is 2.25. The Bertz CT molecular complexity index is 414. The largest absolute Gasteiger partial charge is 0.250 e. The number of nitrogens with zero attached hydrogens (tertiary/aromatic N) is 2. The fourth-order valence-electron chi connectivity index (χ4n) is 1.07. The van der Waals surface area contributed by atoms with E-state index >= 15 is 0 Å². The van der Waals surface area contributed by atoms with Crippen molar-refractivity contribution in [1.29, 1.82) is 0 Å². The third kappa shape index (κ3) is 1.05. The molecule has 0 aliphatic rings. The summed E-state index contributed by atoms with van der Waals surface area (Å²) in [7, 11) is 0. The summed E-state index contributed by atoms with van der Waals surface area (Å²) in [4.78, 5) is 8.59. The van der Waals surface area contributed by atoms with Gasteiger partial charge >= 0.3 is 0 Å². The summed E-state index contributed by atoms with van der Waals surface area (Å²) in [5.41, 5.74) is 2.82. The van der Waals surface area contributed by atoms with E-state index in [2.05, 4.69) is 9.97 Å². The molecule has 0 unspecified atom stereocenters. The van der Waals surface area contributed by atoms with Crippen molar-refractivity contribution in [1.82, 2.24) is 9.97 Å². The third-order valence-corrected chi connectivity index (χ3v) is 1.73. The summed E-state index contributed by atoms with van der Waals surface area (Å²) < 4.78 is 14.6. The summed E-state index contributed by atoms with van der Waals surface area (Å²) in [6.45, 7) is 0.179. The molecule has 0 N–H and O–H groups in total. The molecular formula is C10H10N2. The second kappa shape index (κ2) is 2.55. The Kier molecular flexibility index (Phi) is 1.12. The van der Waals surface area contributed by atoms with Crippen molar-refractivity contribution in [2.45, 2.75) is 13.8 Å². The highest BCUT2D eigenvalue weighted by atomic mass is 14.8. The highest BCUT2D eigenvalue weighted by molar-refractivity contribution is 5.74. The number of fused-ring (bicyclic) bond motifs is 1. The molecule has 60 valence electrons. The van der Waals surface area contributed by atoms with Crippen LogP contribution in [0, 0.1) is 13.8 Å². The van der Waals surface area contributed by atoms with Gasteiger partial charge in [0.25, 0.3) is 0 Å². The van der Waals surface area contributed by atoms with Crippen LogP contribution in [0.5, 0.6) is 0 Å². The number of rotatable bonds is 0. The lowest BCUT2D eigenvalue weighted by atomic mass is 10.2. The zero-order chi connectivity index (χ0) is 9.97. The Morgan fingerprint density at radius 2 is 1.50 bits per heavy atom. The molecule has 2 heteroatoms. The quantitative estimate of drug-likeness (QED) is 0.590. The smallest absolute Gasteiger partial charge is 0.0890 e. The van der Waals surface area contributed by atoms with Crippen molar-refractivity contribution in [3.05, 3.63) is 35.7 Å². The Hall–Kier alpha value is -1.44. The number of hydrogen-bond donors (Lipinski definition) is 0. The van der Waals surface area contributed by atoms with Gasteiger partial charge in [0, 0.05) is 2.74 Å². The summed E-state index contributed by atoms with van der Waals surface area (Å²) >= 11 is 0. The molecule has 2 aromatic rings. The van der Waals surface area contributed by atoms with E-state index in [1.54, 1.807) is 0 Å². The van der Waals surface area contributed by atoms with Gasteiger partial charge in [0.1, 0.15) is 0 Å².